The summed E-state index contributed by atoms with van der Waals surface area (Å²) in [7, 11) is -3.90. The van der Waals surface area contributed by atoms with E-state index in [1.54, 1.807) is 11.9 Å². The van der Waals surface area contributed by atoms with Gasteiger partial charge in [-0.1, -0.05) is 25.3 Å². The lowest BCUT2D eigenvalue weighted by molar-refractivity contribution is -0.136. The number of anilines is 2. The third kappa shape index (κ3) is 5.49. The number of alkyl halides is 3. The van der Waals surface area contributed by atoms with E-state index in [0.717, 1.165) is 66.7 Å². The van der Waals surface area contributed by atoms with Gasteiger partial charge >= 0.3 is 6.18 Å². The van der Waals surface area contributed by atoms with Gasteiger partial charge in [0.25, 0.3) is 10.0 Å². The molecule has 0 spiro atoms. The Labute approximate surface area is 198 Å². The third-order valence-electron chi connectivity index (χ3n) is 6.00. The first kappa shape index (κ1) is 26.3. The standard InChI is InChI=1S/C22H28F3N3O4S2/c1-27(2)34(31,32)18-14-12-17(13-15-18)33(29,30)26-21-19(22(23,24)25)10-7-11-20(21)28(3)16-8-5-4-6-9-16/h7,10-16,26H,4-6,8-9H2,1-3H3. The summed E-state index contributed by atoms with van der Waals surface area (Å²) in [5, 5.41) is 0. The molecule has 0 unspecified atom stereocenters. The summed E-state index contributed by atoms with van der Waals surface area (Å²) in [6, 6.07) is 7.88. The average molecular weight is 520 g/mol. The Balaban J connectivity index is 2.03. The van der Waals surface area contributed by atoms with Gasteiger partial charge in [0.15, 0.2) is 0 Å². The van der Waals surface area contributed by atoms with E-state index in [1.807, 2.05) is 0 Å². The minimum atomic E-state index is -4.79. The maximum absolute atomic E-state index is 13.8. The van der Waals surface area contributed by atoms with Gasteiger partial charge in [0.05, 0.1) is 26.7 Å². The molecule has 2 aromatic carbocycles. The number of benzene rings is 2. The summed E-state index contributed by atoms with van der Waals surface area (Å²) in [5.41, 5.74) is -1.51. The SMILES string of the molecule is CN(c1cccc(C(F)(F)F)c1NS(=O)(=O)c1ccc(S(=O)(=O)N(C)C)cc1)C1CCCCC1. The Hall–Kier alpha value is -2.31. The van der Waals surface area contributed by atoms with Crippen LogP contribution in [-0.2, 0) is 26.2 Å². The Bertz CT molecular complexity index is 1220. The Kier molecular flexibility index (Phi) is 7.54. The zero-order valence-electron chi connectivity index (χ0n) is 19.1. The van der Waals surface area contributed by atoms with Crippen LogP contribution in [0.1, 0.15) is 37.7 Å². The molecule has 34 heavy (non-hydrogen) atoms. The van der Waals surface area contributed by atoms with Crippen molar-refractivity contribution in [1.29, 1.82) is 0 Å². The van der Waals surface area contributed by atoms with Crippen molar-refractivity contribution in [2.75, 3.05) is 30.8 Å². The summed E-state index contributed by atoms with van der Waals surface area (Å²) in [6.07, 6.45) is -0.202. The lowest BCUT2D eigenvalue weighted by Gasteiger charge is -2.35. The van der Waals surface area contributed by atoms with Gasteiger partial charge in [-0.05, 0) is 49.2 Å². The lowest BCUT2D eigenvalue weighted by Crippen LogP contribution is -2.34. The molecule has 1 N–H and O–H groups in total. The highest BCUT2D eigenvalue weighted by molar-refractivity contribution is 7.92. The molecule has 0 heterocycles. The molecule has 1 saturated carbocycles. The van der Waals surface area contributed by atoms with Crippen LogP contribution in [0.4, 0.5) is 24.5 Å². The fourth-order valence-electron chi connectivity index (χ4n) is 4.04. The first-order valence-corrected chi connectivity index (χ1v) is 13.7. The van der Waals surface area contributed by atoms with Crippen molar-refractivity contribution in [3.8, 4) is 0 Å². The minimum absolute atomic E-state index is 0.00369. The van der Waals surface area contributed by atoms with Crippen LogP contribution in [0.15, 0.2) is 52.3 Å². The Morgan fingerprint density at radius 3 is 1.94 bits per heavy atom. The van der Waals surface area contributed by atoms with Gasteiger partial charge in [0.2, 0.25) is 10.0 Å². The topological polar surface area (TPSA) is 86.8 Å². The monoisotopic (exact) mass is 519 g/mol. The zero-order chi connectivity index (χ0) is 25.3. The molecule has 0 bridgehead atoms. The molecule has 12 heteroatoms. The summed E-state index contributed by atoms with van der Waals surface area (Å²) in [5.74, 6) is 0. The highest BCUT2D eigenvalue weighted by Crippen LogP contribution is 2.42. The summed E-state index contributed by atoms with van der Waals surface area (Å²) in [6.45, 7) is 0. The summed E-state index contributed by atoms with van der Waals surface area (Å²) in [4.78, 5) is 1.22. The predicted molar refractivity (Wildman–Crippen MR) is 125 cm³/mol. The van der Waals surface area contributed by atoms with E-state index in [4.69, 9.17) is 0 Å². The normalized spacial score (nSPS) is 16.0. The van der Waals surface area contributed by atoms with E-state index in [-0.39, 0.29) is 21.5 Å². The van der Waals surface area contributed by atoms with Crippen molar-refractivity contribution in [1.82, 2.24) is 4.31 Å². The fourth-order valence-corrected chi connectivity index (χ4v) is 6.03. The number of halogens is 3. The van der Waals surface area contributed by atoms with Crippen LogP contribution in [0.25, 0.3) is 0 Å². The predicted octanol–water partition coefficient (Wildman–Crippen LogP) is 4.53. The van der Waals surface area contributed by atoms with Crippen molar-refractivity contribution in [2.24, 2.45) is 0 Å². The molecular weight excluding hydrogens is 491 g/mol. The molecule has 7 nitrogen and oxygen atoms in total. The van der Waals surface area contributed by atoms with E-state index < -0.39 is 37.5 Å². The molecule has 3 rings (SSSR count). The zero-order valence-corrected chi connectivity index (χ0v) is 20.8. The van der Waals surface area contributed by atoms with Crippen LogP contribution in [0.5, 0.6) is 0 Å². The minimum Gasteiger partial charge on any atom is -0.370 e. The molecular formula is C22H28F3N3O4S2. The van der Waals surface area contributed by atoms with Crippen molar-refractivity contribution in [3.05, 3.63) is 48.0 Å². The number of sulfonamides is 2. The maximum Gasteiger partial charge on any atom is 0.418 e. The largest absolute Gasteiger partial charge is 0.418 e. The van der Waals surface area contributed by atoms with Crippen LogP contribution in [0.2, 0.25) is 0 Å². The molecule has 1 aliphatic carbocycles. The number of para-hydroxylation sites is 1. The summed E-state index contributed by atoms with van der Waals surface area (Å²) >= 11 is 0. The summed E-state index contributed by atoms with van der Waals surface area (Å²) < 4.78 is 95.3. The number of nitrogens with zero attached hydrogens (tertiary/aromatic N) is 2. The Morgan fingerprint density at radius 2 is 1.41 bits per heavy atom. The van der Waals surface area contributed by atoms with Crippen LogP contribution in [0, 0.1) is 0 Å². The van der Waals surface area contributed by atoms with E-state index >= 15 is 0 Å². The molecule has 0 atom stereocenters. The van der Waals surface area contributed by atoms with Gasteiger partial charge in [0, 0.05) is 27.2 Å². The highest BCUT2D eigenvalue weighted by Gasteiger charge is 2.37. The van der Waals surface area contributed by atoms with Gasteiger partial charge < -0.3 is 4.90 Å². The maximum atomic E-state index is 13.8. The van der Waals surface area contributed by atoms with Gasteiger partial charge in [-0.3, -0.25) is 4.72 Å². The molecule has 0 aliphatic heterocycles. The number of hydrogen-bond donors (Lipinski definition) is 1. The van der Waals surface area contributed by atoms with Gasteiger partial charge in [0.1, 0.15) is 0 Å². The van der Waals surface area contributed by atoms with Crippen LogP contribution in [0.3, 0.4) is 0 Å². The number of nitrogens with one attached hydrogen (secondary N) is 1. The number of hydrogen-bond acceptors (Lipinski definition) is 5. The van der Waals surface area contributed by atoms with Crippen molar-refractivity contribution in [3.63, 3.8) is 0 Å². The molecule has 0 amide bonds. The molecule has 188 valence electrons. The first-order chi connectivity index (χ1) is 15.7. The molecule has 1 aliphatic rings. The molecule has 0 aromatic heterocycles. The second-order valence-electron chi connectivity index (χ2n) is 8.46. The van der Waals surface area contributed by atoms with Crippen LogP contribution >= 0.6 is 0 Å². The highest BCUT2D eigenvalue weighted by atomic mass is 32.2. The first-order valence-electron chi connectivity index (χ1n) is 10.7. The van der Waals surface area contributed by atoms with Gasteiger partial charge in [-0.2, -0.15) is 13.2 Å². The van der Waals surface area contributed by atoms with Gasteiger partial charge in [-0.25, -0.2) is 21.1 Å². The van der Waals surface area contributed by atoms with E-state index in [2.05, 4.69) is 4.72 Å². The van der Waals surface area contributed by atoms with Crippen LogP contribution < -0.4 is 9.62 Å². The van der Waals surface area contributed by atoms with E-state index in [0.29, 0.717) is 0 Å². The Morgan fingerprint density at radius 1 is 0.853 bits per heavy atom. The van der Waals surface area contributed by atoms with E-state index in [1.165, 1.54) is 26.2 Å². The average Bonchev–Trinajstić information content (AvgIpc) is 2.78. The molecule has 0 radical (unpaired) electrons. The third-order valence-corrected chi connectivity index (χ3v) is 9.19. The quantitative estimate of drug-likeness (QED) is 0.581. The molecule has 0 saturated heterocycles. The second-order valence-corrected chi connectivity index (χ2v) is 12.3. The number of rotatable bonds is 7. The smallest absolute Gasteiger partial charge is 0.370 e. The second kappa shape index (κ2) is 9.74. The lowest BCUT2D eigenvalue weighted by atomic mass is 9.94. The fraction of sp³-hybridized carbons (Fsp3) is 0.455. The van der Waals surface area contributed by atoms with Crippen LogP contribution in [-0.4, -0.2) is 48.3 Å². The van der Waals surface area contributed by atoms with Gasteiger partial charge in [-0.15, -0.1) is 0 Å². The van der Waals surface area contributed by atoms with Crippen molar-refractivity contribution in [2.45, 2.75) is 54.1 Å². The molecule has 1 fully saturated rings. The molecule has 2 aromatic rings. The van der Waals surface area contributed by atoms with E-state index in [9.17, 15) is 30.0 Å². The van der Waals surface area contributed by atoms with Crippen molar-refractivity contribution >= 4 is 31.4 Å². The van der Waals surface area contributed by atoms with Crippen molar-refractivity contribution < 1.29 is 30.0 Å².